The molecule has 0 saturated heterocycles. The molecule has 0 bridgehead atoms. The molecule has 0 radical (unpaired) electrons. The van der Waals surface area contributed by atoms with Gasteiger partial charge in [0.05, 0.1) is 19.3 Å². The molecule has 3 N–H and O–H groups in total. The number of methoxy groups -OCH3 is 2. The SMILES string of the molecule is CCCC(OC)C(Cc1cc(Cl)ccc1OC)NN. The summed E-state index contributed by atoms with van der Waals surface area (Å²) in [6, 6.07) is 5.61. The van der Waals surface area contributed by atoms with E-state index >= 15 is 0 Å². The third kappa shape index (κ3) is 4.66. The lowest BCUT2D eigenvalue weighted by Crippen LogP contribution is -2.46. The van der Waals surface area contributed by atoms with Crippen LogP contribution in [-0.4, -0.2) is 26.4 Å². The van der Waals surface area contributed by atoms with Crippen LogP contribution in [0.1, 0.15) is 25.3 Å². The highest BCUT2D eigenvalue weighted by Gasteiger charge is 2.21. The van der Waals surface area contributed by atoms with Gasteiger partial charge in [0.1, 0.15) is 5.75 Å². The van der Waals surface area contributed by atoms with Crippen molar-refractivity contribution >= 4 is 11.6 Å². The van der Waals surface area contributed by atoms with E-state index < -0.39 is 0 Å². The number of halogens is 1. The van der Waals surface area contributed by atoms with Crippen molar-refractivity contribution in [1.29, 1.82) is 0 Å². The summed E-state index contributed by atoms with van der Waals surface area (Å²) >= 11 is 6.04. The molecule has 0 heterocycles. The van der Waals surface area contributed by atoms with Gasteiger partial charge in [-0.05, 0) is 36.6 Å². The molecule has 108 valence electrons. The van der Waals surface area contributed by atoms with Gasteiger partial charge in [-0.1, -0.05) is 24.9 Å². The molecule has 0 aliphatic carbocycles. The van der Waals surface area contributed by atoms with Crippen LogP contribution in [0.2, 0.25) is 5.02 Å². The van der Waals surface area contributed by atoms with Crippen LogP contribution in [0.4, 0.5) is 0 Å². The van der Waals surface area contributed by atoms with Crippen molar-refractivity contribution < 1.29 is 9.47 Å². The Kier molecular flexibility index (Phi) is 7.16. The Labute approximate surface area is 120 Å². The van der Waals surface area contributed by atoms with E-state index in [4.69, 9.17) is 26.9 Å². The van der Waals surface area contributed by atoms with Crippen LogP contribution < -0.4 is 16.0 Å². The first-order chi connectivity index (χ1) is 9.15. The second-order valence-corrected chi connectivity index (χ2v) is 4.93. The minimum atomic E-state index is 0.0253. The average molecular weight is 287 g/mol. The molecule has 4 nitrogen and oxygen atoms in total. The van der Waals surface area contributed by atoms with Crippen molar-refractivity contribution in [3.63, 3.8) is 0 Å². The molecule has 0 spiro atoms. The summed E-state index contributed by atoms with van der Waals surface area (Å²) in [4.78, 5) is 0. The molecular formula is C14H23ClN2O2. The van der Waals surface area contributed by atoms with Gasteiger partial charge in [0.15, 0.2) is 0 Å². The van der Waals surface area contributed by atoms with E-state index in [0.717, 1.165) is 24.2 Å². The van der Waals surface area contributed by atoms with Gasteiger partial charge in [-0.2, -0.15) is 0 Å². The van der Waals surface area contributed by atoms with Crippen molar-refractivity contribution in [2.45, 2.75) is 38.3 Å². The molecule has 1 rings (SSSR count). The normalized spacial score (nSPS) is 14.2. The fourth-order valence-electron chi connectivity index (χ4n) is 2.21. The minimum Gasteiger partial charge on any atom is -0.496 e. The highest BCUT2D eigenvalue weighted by Crippen LogP contribution is 2.25. The summed E-state index contributed by atoms with van der Waals surface area (Å²) in [5.74, 6) is 6.47. The van der Waals surface area contributed by atoms with Crippen LogP contribution in [0.15, 0.2) is 18.2 Å². The zero-order valence-electron chi connectivity index (χ0n) is 11.8. The fraction of sp³-hybridized carbons (Fsp3) is 0.571. The first-order valence-corrected chi connectivity index (χ1v) is 6.85. The molecule has 0 aliphatic heterocycles. The van der Waals surface area contributed by atoms with E-state index in [9.17, 15) is 0 Å². The summed E-state index contributed by atoms with van der Waals surface area (Å²) in [6.07, 6.45) is 2.77. The van der Waals surface area contributed by atoms with Gasteiger partial charge in [-0.3, -0.25) is 11.3 Å². The molecule has 0 saturated carbocycles. The predicted octanol–water partition coefficient (Wildman–Crippen LogP) is 2.54. The highest BCUT2D eigenvalue weighted by atomic mass is 35.5. The molecule has 1 aromatic rings. The molecular weight excluding hydrogens is 264 g/mol. The van der Waals surface area contributed by atoms with E-state index in [1.54, 1.807) is 14.2 Å². The highest BCUT2D eigenvalue weighted by molar-refractivity contribution is 6.30. The Hall–Kier alpha value is -0.810. The van der Waals surface area contributed by atoms with Gasteiger partial charge in [-0.15, -0.1) is 0 Å². The number of rotatable bonds is 8. The van der Waals surface area contributed by atoms with Crippen LogP contribution in [0.3, 0.4) is 0 Å². The van der Waals surface area contributed by atoms with Crippen molar-refractivity contribution in [1.82, 2.24) is 5.43 Å². The largest absolute Gasteiger partial charge is 0.496 e. The summed E-state index contributed by atoms with van der Waals surface area (Å²) in [6.45, 7) is 2.12. The van der Waals surface area contributed by atoms with Gasteiger partial charge in [-0.25, -0.2) is 0 Å². The third-order valence-electron chi connectivity index (χ3n) is 3.22. The predicted molar refractivity (Wildman–Crippen MR) is 78.5 cm³/mol. The number of nitrogens with two attached hydrogens (primary N) is 1. The standard InChI is InChI=1S/C14H23ClN2O2/c1-4-5-14(19-3)12(17-16)9-10-8-11(15)6-7-13(10)18-2/h6-8,12,14,17H,4-5,9,16H2,1-3H3. The summed E-state index contributed by atoms with van der Waals surface area (Å²) in [5.41, 5.74) is 3.86. The zero-order valence-corrected chi connectivity index (χ0v) is 12.5. The molecule has 1 aromatic carbocycles. The van der Waals surface area contributed by atoms with Gasteiger partial charge in [0.2, 0.25) is 0 Å². The second-order valence-electron chi connectivity index (χ2n) is 4.50. The molecule has 0 fully saturated rings. The Morgan fingerprint density at radius 3 is 2.63 bits per heavy atom. The lowest BCUT2D eigenvalue weighted by atomic mass is 9.98. The lowest BCUT2D eigenvalue weighted by molar-refractivity contribution is 0.0607. The van der Waals surface area contributed by atoms with E-state index in [1.165, 1.54) is 0 Å². The van der Waals surface area contributed by atoms with E-state index in [1.807, 2.05) is 18.2 Å². The first-order valence-electron chi connectivity index (χ1n) is 6.47. The summed E-state index contributed by atoms with van der Waals surface area (Å²) in [5, 5.41) is 0.691. The maximum absolute atomic E-state index is 6.04. The zero-order chi connectivity index (χ0) is 14.3. The van der Waals surface area contributed by atoms with Crippen LogP contribution in [-0.2, 0) is 11.2 Å². The number of hydrazine groups is 1. The van der Waals surface area contributed by atoms with Gasteiger partial charge in [0.25, 0.3) is 0 Å². The Morgan fingerprint density at radius 1 is 1.37 bits per heavy atom. The maximum Gasteiger partial charge on any atom is 0.122 e. The van der Waals surface area contributed by atoms with Crippen molar-refractivity contribution in [2.75, 3.05) is 14.2 Å². The molecule has 2 atom stereocenters. The number of benzene rings is 1. The second kappa shape index (κ2) is 8.38. The van der Waals surface area contributed by atoms with Crippen molar-refractivity contribution in [2.24, 2.45) is 5.84 Å². The van der Waals surface area contributed by atoms with Gasteiger partial charge < -0.3 is 9.47 Å². The quantitative estimate of drug-likeness (QED) is 0.570. The summed E-state index contributed by atoms with van der Waals surface area (Å²) in [7, 11) is 3.36. The minimum absolute atomic E-state index is 0.0253. The fourth-order valence-corrected chi connectivity index (χ4v) is 2.40. The topological polar surface area (TPSA) is 56.5 Å². The molecule has 0 aliphatic rings. The number of hydrogen-bond acceptors (Lipinski definition) is 4. The Balaban J connectivity index is 2.87. The third-order valence-corrected chi connectivity index (χ3v) is 3.46. The van der Waals surface area contributed by atoms with E-state index in [2.05, 4.69) is 12.3 Å². The average Bonchev–Trinajstić information content (AvgIpc) is 2.42. The number of hydrogen-bond donors (Lipinski definition) is 2. The maximum atomic E-state index is 6.04. The van der Waals surface area contributed by atoms with Crippen LogP contribution in [0, 0.1) is 0 Å². The van der Waals surface area contributed by atoms with Gasteiger partial charge in [0, 0.05) is 12.1 Å². The Morgan fingerprint density at radius 2 is 2.11 bits per heavy atom. The monoisotopic (exact) mass is 286 g/mol. The van der Waals surface area contributed by atoms with Crippen LogP contribution >= 0.6 is 11.6 Å². The molecule has 5 heteroatoms. The molecule has 0 aromatic heterocycles. The lowest BCUT2D eigenvalue weighted by Gasteiger charge is -2.26. The Bertz CT molecular complexity index is 388. The first kappa shape index (κ1) is 16.2. The van der Waals surface area contributed by atoms with E-state index in [0.29, 0.717) is 11.4 Å². The molecule has 19 heavy (non-hydrogen) atoms. The number of ether oxygens (including phenoxy) is 2. The van der Waals surface area contributed by atoms with Crippen LogP contribution in [0.25, 0.3) is 0 Å². The van der Waals surface area contributed by atoms with E-state index in [-0.39, 0.29) is 12.1 Å². The van der Waals surface area contributed by atoms with Gasteiger partial charge >= 0.3 is 0 Å². The van der Waals surface area contributed by atoms with Crippen molar-refractivity contribution in [3.05, 3.63) is 28.8 Å². The summed E-state index contributed by atoms with van der Waals surface area (Å²) < 4.78 is 10.9. The van der Waals surface area contributed by atoms with Crippen molar-refractivity contribution in [3.8, 4) is 5.75 Å². The number of nitrogens with one attached hydrogen (secondary N) is 1. The molecule has 2 unspecified atom stereocenters. The molecule has 0 amide bonds. The smallest absolute Gasteiger partial charge is 0.122 e. The van der Waals surface area contributed by atoms with Crippen LogP contribution in [0.5, 0.6) is 5.75 Å².